The predicted molar refractivity (Wildman–Crippen MR) is 156 cm³/mol. The lowest BCUT2D eigenvalue weighted by Crippen LogP contribution is -2.40. The topological polar surface area (TPSA) is 81.8 Å². The van der Waals surface area contributed by atoms with E-state index in [9.17, 15) is 22.4 Å². The Hall–Kier alpha value is -3.48. The molecule has 1 unspecified atom stereocenters. The van der Waals surface area contributed by atoms with Crippen molar-refractivity contribution in [2.75, 3.05) is 19.7 Å². The van der Waals surface area contributed by atoms with Gasteiger partial charge in [-0.1, -0.05) is 42.6 Å². The molecule has 1 saturated heterocycles. The molecule has 4 heterocycles. The average Bonchev–Trinajstić information content (AvgIpc) is 3.81. The molecule has 6 rings (SSSR count). The van der Waals surface area contributed by atoms with Crippen molar-refractivity contribution in [3.63, 3.8) is 0 Å². The summed E-state index contributed by atoms with van der Waals surface area (Å²) < 4.78 is 59.5. The number of piperidine rings is 1. The van der Waals surface area contributed by atoms with Crippen LogP contribution >= 0.6 is 11.3 Å². The lowest BCUT2D eigenvalue weighted by Gasteiger charge is -2.31. The zero-order valence-electron chi connectivity index (χ0n) is 24.2. The van der Waals surface area contributed by atoms with Crippen molar-refractivity contribution in [1.82, 2.24) is 19.7 Å². The van der Waals surface area contributed by atoms with Crippen molar-refractivity contribution in [2.45, 2.75) is 82.8 Å². The van der Waals surface area contributed by atoms with E-state index in [4.69, 9.17) is 14.6 Å². The van der Waals surface area contributed by atoms with Gasteiger partial charge in [0.05, 0.1) is 17.3 Å². The minimum absolute atomic E-state index is 0.136. The highest BCUT2D eigenvalue weighted by Crippen LogP contribution is 2.37. The fourth-order valence-corrected chi connectivity index (χ4v) is 7.21. The predicted octanol–water partition coefficient (Wildman–Crippen LogP) is 7.45. The number of para-hydroxylation sites is 1. The molecule has 0 radical (unpaired) electrons. The van der Waals surface area contributed by atoms with Crippen molar-refractivity contribution in [3.05, 3.63) is 63.4 Å². The zero-order chi connectivity index (χ0) is 30.6. The summed E-state index contributed by atoms with van der Waals surface area (Å²) >= 11 is 1.55. The number of aromatic nitrogens is 3. The number of likely N-dealkylation sites (tertiary alicyclic amines) is 1. The molecule has 1 atom stereocenters. The number of thiazole rings is 1. The number of oxime groups is 1. The molecule has 0 bridgehead atoms. The van der Waals surface area contributed by atoms with E-state index < -0.39 is 36.7 Å². The summed E-state index contributed by atoms with van der Waals surface area (Å²) in [5.74, 6) is 1.15. The number of hydrogen-bond donors (Lipinski definition) is 0. The van der Waals surface area contributed by atoms with Crippen LogP contribution in [0.15, 0.2) is 40.9 Å². The Labute approximate surface area is 257 Å². The van der Waals surface area contributed by atoms with Gasteiger partial charge in [-0.3, -0.25) is 9.48 Å². The maximum atomic E-state index is 13.3. The van der Waals surface area contributed by atoms with E-state index in [0.717, 1.165) is 34.3 Å². The quantitative estimate of drug-likeness (QED) is 0.217. The number of hydrogen-bond acceptors (Lipinski definition) is 7. The Morgan fingerprint density at radius 2 is 1.82 bits per heavy atom. The van der Waals surface area contributed by atoms with Gasteiger partial charge < -0.3 is 14.5 Å². The smallest absolute Gasteiger partial charge is 0.282 e. The van der Waals surface area contributed by atoms with Crippen molar-refractivity contribution < 1.29 is 31.9 Å². The monoisotopic (exact) mass is 633 g/mol. The Morgan fingerprint density at radius 3 is 2.57 bits per heavy atom. The summed E-state index contributed by atoms with van der Waals surface area (Å²) in [5, 5.41) is 10.8. The molecule has 3 aromatic rings. The summed E-state index contributed by atoms with van der Waals surface area (Å²) in [7, 11) is 0. The number of alkyl halides is 4. The summed E-state index contributed by atoms with van der Waals surface area (Å²) in [6.07, 6.45) is 1.94. The average molecular weight is 634 g/mol. The first-order valence-electron chi connectivity index (χ1n) is 15.2. The molecule has 1 aliphatic carbocycles. The third-order valence-electron chi connectivity index (χ3n) is 8.71. The summed E-state index contributed by atoms with van der Waals surface area (Å²) in [6, 6.07) is 8.63. The third kappa shape index (κ3) is 6.92. The number of amides is 1. The van der Waals surface area contributed by atoms with Crippen LogP contribution in [0.25, 0.3) is 0 Å². The molecule has 3 aliphatic rings. The highest BCUT2D eigenvalue weighted by Gasteiger charge is 2.31. The minimum Gasteiger partial charge on any atom is -0.493 e. The van der Waals surface area contributed by atoms with Crippen LogP contribution in [0.4, 0.5) is 17.6 Å². The van der Waals surface area contributed by atoms with Gasteiger partial charge in [-0.25, -0.2) is 22.5 Å². The van der Waals surface area contributed by atoms with E-state index in [1.807, 2.05) is 29.6 Å². The molecule has 44 heavy (non-hydrogen) atoms. The second-order valence-electron chi connectivity index (χ2n) is 11.7. The number of ether oxygens (including phenoxy) is 1. The molecule has 0 N–H and O–H groups in total. The van der Waals surface area contributed by atoms with Gasteiger partial charge in [-0.05, 0) is 43.7 Å². The molecule has 13 heteroatoms. The van der Waals surface area contributed by atoms with Crippen LogP contribution in [0.1, 0.15) is 104 Å². The molecule has 1 aromatic carbocycles. The van der Waals surface area contributed by atoms with Gasteiger partial charge in [0.15, 0.2) is 6.10 Å². The van der Waals surface area contributed by atoms with Crippen LogP contribution in [0.5, 0.6) is 5.75 Å². The van der Waals surface area contributed by atoms with Gasteiger partial charge in [0.25, 0.3) is 12.9 Å². The van der Waals surface area contributed by atoms with Crippen LogP contribution in [0, 0.1) is 5.92 Å². The van der Waals surface area contributed by atoms with Gasteiger partial charge in [-0.2, -0.15) is 5.10 Å². The van der Waals surface area contributed by atoms with Gasteiger partial charge >= 0.3 is 0 Å². The molecular weight excluding hydrogens is 598 g/mol. The SMILES string of the molecule is O=C(Cn1nc(C(F)F)cc1C(F)F)N1CCC(c2nc(C3=NOC(c4ccccc4OCC4CCCCC4)C3)cs2)CC1. The standard InChI is InChI=1S/C31H35F4N5O3S/c32-29(33)23-14-25(30(34)35)40(37-23)16-28(41)39-12-10-20(11-13-39)31-36-24(18-44-31)22-15-27(43-38-22)21-8-4-5-9-26(21)42-17-19-6-2-1-3-7-19/h4-5,8-9,14,18-20,27,29-30H,1-3,6-7,10-13,15-17H2. The molecule has 1 saturated carbocycles. The Kier molecular flexibility index (Phi) is 9.48. The third-order valence-corrected chi connectivity index (χ3v) is 9.72. The fraction of sp³-hybridized carbons (Fsp3) is 0.548. The van der Waals surface area contributed by atoms with Crippen LogP contribution < -0.4 is 4.74 Å². The van der Waals surface area contributed by atoms with Crippen LogP contribution in [0.2, 0.25) is 0 Å². The van der Waals surface area contributed by atoms with Crippen LogP contribution in [0.3, 0.4) is 0 Å². The van der Waals surface area contributed by atoms with E-state index in [0.29, 0.717) is 49.0 Å². The number of halogens is 4. The van der Waals surface area contributed by atoms with E-state index in [1.54, 1.807) is 16.2 Å². The van der Waals surface area contributed by atoms with Crippen molar-refractivity contribution >= 4 is 23.0 Å². The maximum absolute atomic E-state index is 13.3. The summed E-state index contributed by atoms with van der Waals surface area (Å²) in [4.78, 5) is 25.1. The Balaban J connectivity index is 1.02. The molecule has 2 fully saturated rings. The number of carbonyl (C=O) groups is 1. The molecule has 8 nitrogen and oxygen atoms in total. The van der Waals surface area contributed by atoms with Gasteiger partial charge in [0.2, 0.25) is 5.91 Å². The highest BCUT2D eigenvalue weighted by molar-refractivity contribution is 7.10. The lowest BCUT2D eigenvalue weighted by molar-refractivity contribution is -0.133. The summed E-state index contributed by atoms with van der Waals surface area (Å²) in [6.45, 7) is 1.04. The number of nitrogens with zero attached hydrogens (tertiary/aromatic N) is 5. The first kappa shape index (κ1) is 30.5. The largest absolute Gasteiger partial charge is 0.493 e. The molecule has 236 valence electrons. The number of benzene rings is 1. The molecule has 1 amide bonds. The second kappa shape index (κ2) is 13.7. The Bertz CT molecular complexity index is 1460. The molecule has 2 aromatic heterocycles. The van der Waals surface area contributed by atoms with Gasteiger partial charge in [0, 0.05) is 36.4 Å². The minimum atomic E-state index is -3.01. The lowest BCUT2D eigenvalue weighted by atomic mass is 9.90. The molecular formula is C31H35F4N5O3S. The number of rotatable bonds is 10. The van der Waals surface area contributed by atoms with Crippen molar-refractivity contribution in [1.29, 1.82) is 0 Å². The number of carbonyl (C=O) groups excluding carboxylic acids is 1. The van der Waals surface area contributed by atoms with Crippen molar-refractivity contribution in [2.24, 2.45) is 11.1 Å². The van der Waals surface area contributed by atoms with E-state index in [1.165, 1.54) is 32.1 Å². The molecule has 2 aliphatic heterocycles. The maximum Gasteiger partial charge on any atom is 0.282 e. The Morgan fingerprint density at radius 1 is 1.05 bits per heavy atom. The second-order valence-corrected chi connectivity index (χ2v) is 12.6. The normalized spacial score (nSPS) is 19.9. The fourth-order valence-electron chi connectivity index (χ4n) is 6.21. The zero-order valence-corrected chi connectivity index (χ0v) is 25.0. The summed E-state index contributed by atoms with van der Waals surface area (Å²) in [5.41, 5.74) is 1.09. The first-order valence-corrected chi connectivity index (χ1v) is 16.1. The van der Waals surface area contributed by atoms with Gasteiger partial charge in [0.1, 0.15) is 29.4 Å². The molecule has 0 spiro atoms. The first-order chi connectivity index (χ1) is 21.4. The van der Waals surface area contributed by atoms with Crippen LogP contribution in [-0.2, 0) is 16.2 Å². The highest BCUT2D eigenvalue weighted by atomic mass is 32.1. The van der Waals surface area contributed by atoms with E-state index >= 15 is 0 Å². The van der Waals surface area contributed by atoms with Crippen LogP contribution in [-0.4, -0.2) is 51.0 Å². The van der Waals surface area contributed by atoms with E-state index in [2.05, 4.69) is 10.3 Å². The van der Waals surface area contributed by atoms with E-state index in [-0.39, 0.29) is 12.0 Å². The van der Waals surface area contributed by atoms with Gasteiger partial charge in [-0.15, -0.1) is 11.3 Å². The van der Waals surface area contributed by atoms with Crippen molar-refractivity contribution in [3.8, 4) is 5.75 Å².